The second kappa shape index (κ2) is 9.96. The van der Waals surface area contributed by atoms with Crippen molar-refractivity contribution in [1.82, 2.24) is 15.1 Å². The van der Waals surface area contributed by atoms with Crippen LogP contribution in [0.4, 0.5) is 8.78 Å². The van der Waals surface area contributed by atoms with Gasteiger partial charge in [-0.3, -0.25) is 4.79 Å². The number of methoxy groups -OCH3 is 1. The second-order valence-corrected chi connectivity index (χ2v) is 11.5. The van der Waals surface area contributed by atoms with Gasteiger partial charge in [0.2, 0.25) is 0 Å². The summed E-state index contributed by atoms with van der Waals surface area (Å²) in [5.74, 6) is -2.38. The Morgan fingerprint density at radius 3 is 2.60 bits per heavy atom. The number of hydrogen-bond donors (Lipinski definition) is 2. The average molecular weight is 550 g/mol. The van der Waals surface area contributed by atoms with Crippen LogP contribution in [0.1, 0.15) is 67.2 Å². The minimum Gasteiger partial charge on any atom is -0.467 e. The average Bonchev–Trinajstić information content (AvgIpc) is 3.43. The number of benzene rings is 2. The number of amides is 1. The number of hydrogen-bond acceptors (Lipinski definition) is 5. The van der Waals surface area contributed by atoms with E-state index in [9.17, 15) is 23.5 Å². The summed E-state index contributed by atoms with van der Waals surface area (Å²) in [5, 5.41) is 19.1. The van der Waals surface area contributed by atoms with Crippen LogP contribution in [0.3, 0.4) is 0 Å². The van der Waals surface area contributed by atoms with Crippen molar-refractivity contribution in [3.05, 3.63) is 88.3 Å². The third-order valence-electron chi connectivity index (χ3n) is 8.61. The summed E-state index contributed by atoms with van der Waals surface area (Å²) < 4.78 is 34.9. The molecule has 0 spiro atoms. The van der Waals surface area contributed by atoms with Gasteiger partial charge in [0.1, 0.15) is 17.2 Å². The topological polar surface area (TPSA) is 93.4 Å². The number of carbonyl (C=O) groups excluding carboxylic acids is 2. The molecule has 1 saturated carbocycles. The van der Waals surface area contributed by atoms with Gasteiger partial charge in [0.05, 0.1) is 35.9 Å². The van der Waals surface area contributed by atoms with Gasteiger partial charge < -0.3 is 15.2 Å². The molecule has 2 atom stereocenters. The lowest BCUT2D eigenvalue weighted by atomic mass is 9.65. The summed E-state index contributed by atoms with van der Waals surface area (Å²) in [6, 6.07) is 10.6. The largest absolute Gasteiger partial charge is 0.467 e. The van der Waals surface area contributed by atoms with E-state index in [1.54, 1.807) is 29.1 Å². The highest BCUT2D eigenvalue weighted by atomic mass is 19.1. The Balaban J connectivity index is 1.39. The number of rotatable bonds is 7. The van der Waals surface area contributed by atoms with Crippen molar-refractivity contribution in [3.8, 4) is 5.69 Å². The third-order valence-corrected chi connectivity index (χ3v) is 8.61. The van der Waals surface area contributed by atoms with E-state index >= 15 is 0 Å². The Morgan fingerprint density at radius 1 is 1.18 bits per heavy atom. The molecule has 1 fully saturated rings. The summed E-state index contributed by atoms with van der Waals surface area (Å²) in [7, 11) is 1.22. The zero-order valence-electron chi connectivity index (χ0n) is 23.1. The molecule has 0 unspecified atom stereocenters. The van der Waals surface area contributed by atoms with Gasteiger partial charge >= 0.3 is 5.97 Å². The SMILES string of the molecule is COC(=O)C(C)(C)NC(=O)c1c(F)cccc1CC[C@]1(O)CCC2=Cc3c(cnn3-c3ccc(F)cc3)C[C@@]21C. The second-order valence-electron chi connectivity index (χ2n) is 11.5. The lowest BCUT2D eigenvalue weighted by molar-refractivity contribution is -0.146. The molecule has 0 saturated heterocycles. The van der Waals surface area contributed by atoms with E-state index in [2.05, 4.69) is 16.5 Å². The summed E-state index contributed by atoms with van der Waals surface area (Å²) in [4.78, 5) is 25.2. The predicted octanol–water partition coefficient (Wildman–Crippen LogP) is 4.94. The van der Waals surface area contributed by atoms with Crippen molar-refractivity contribution >= 4 is 18.0 Å². The lowest BCUT2D eigenvalue weighted by Gasteiger charge is -2.42. The van der Waals surface area contributed by atoms with Crippen LogP contribution in [-0.2, 0) is 22.4 Å². The Bertz CT molecular complexity index is 1510. The van der Waals surface area contributed by atoms with Gasteiger partial charge in [0, 0.05) is 5.41 Å². The van der Waals surface area contributed by atoms with Gasteiger partial charge in [-0.1, -0.05) is 24.6 Å². The number of nitrogens with zero attached hydrogens (tertiary/aromatic N) is 2. The Hall–Kier alpha value is -3.85. The standard InChI is InChI=1S/C31H33F2N3O4/c1-29(2,28(38)40-4)35-27(37)26-19(6-5-7-24(26)33)12-14-31(39)15-13-21-16-25-20(17-30(21,31)3)18-34-36(25)23-10-8-22(32)9-11-23/h5-11,16,18,39H,12-15,17H2,1-4H3,(H,35,37)/t30-,31-/m0/s1. The van der Waals surface area contributed by atoms with Crippen molar-refractivity contribution in [1.29, 1.82) is 0 Å². The van der Waals surface area contributed by atoms with E-state index in [1.165, 1.54) is 45.2 Å². The Morgan fingerprint density at radius 2 is 1.90 bits per heavy atom. The van der Waals surface area contributed by atoms with Crippen LogP contribution in [0.25, 0.3) is 11.8 Å². The number of carbonyl (C=O) groups is 2. The molecular formula is C31H33F2N3O4. The molecule has 1 heterocycles. The van der Waals surface area contributed by atoms with Crippen LogP contribution in [0.5, 0.6) is 0 Å². The van der Waals surface area contributed by atoms with Gasteiger partial charge in [0.25, 0.3) is 5.91 Å². The molecule has 3 aromatic rings. The maximum Gasteiger partial charge on any atom is 0.330 e. The van der Waals surface area contributed by atoms with Gasteiger partial charge in [-0.2, -0.15) is 5.10 Å². The minimum absolute atomic E-state index is 0.145. The molecule has 1 aromatic heterocycles. The van der Waals surface area contributed by atoms with Crippen LogP contribution in [0.15, 0.2) is 54.2 Å². The first-order valence-corrected chi connectivity index (χ1v) is 13.3. The monoisotopic (exact) mass is 549 g/mol. The number of aromatic nitrogens is 2. The molecule has 0 bridgehead atoms. The number of halogens is 2. The maximum atomic E-state index is 14.9. The fourth-order valence-corrected chi connectivity index (χ4v) is 6.14. The number of esters is 1. The molecule has 0 radical (unpaired) electrons. The molecule has 7 nitrogen and oxygen atoms in total. The first-order chi connectivity index (χ1) is 18.9. The fourth-order valence-electron chi connectivity index (χ4n) is 6.14. The van der Waals surface area contributed by atoms with Crippen LogP contribution >= 0.6 is 0 Å². The van der Waals surface area contributed by atoms with E-state index in [1.807, 2.05) is 6.92 Å². The van der Waals surface area contributed by atoms with Crippen LogP contribution in [0.2, 0.25) is 0 Å². The van der Waals surface area contributed by atoms with E-state index in [0.717, 1.165) is 22.5 Å². The summed E-state index contributed by atoms with van der Waals surface area (Å²) >= 11 is 0. The van der Waals surface area contributed by atoms with Gasteiger partial charge in [-0.25, -0.2) is 18.3 Å². The fraction of sp³-hybridized carbons (Fsp3) is 0.387. The number of fused-ring (bicyclic) bond motifs is 2. The quantitative estimate of drug-likeness (QED) is 0.408. The molecule has 2 aliphatic carbocycles. The molecular weight excluding hydrogens is 516 g/mol. The molecule has 2 aromatic carbocycles. The van der Waals surface area contributed by atoms with E-state index in [-0.39, 0.29) is 17.8 Å². The zero-order chi connectivity index (χ0) is 28.9. The smallest absolute Gasteiger partial charge is 0.330 e. The highest BCUT2D eigenvalue weighted by Gasteiger charge is 2.54. The third kappa shape index (κ3) is 4.62. The molecule has 2 N–H and O–H groups in total. The van der Waals surface area contributed by atoms with Gasteiger partial charge in [0.15, 0.2) is 0 Å². The predicted molar refractivity (Wildman–Crippen MR) is 146 cm³/mol. The lowest BCUT2D eigenvalue weighted by Crippen LogP contribution is -2.50. The van der Waals surface area contributed by atoms with Crippen molar-refractivity contribution in [2.24, 2.45) is 5.41 Å². The minimum atomic E-state index is -1.35. The molecule has 5 rings (SSSR count). The molecule has 1 amide bonds. The highest BCUT2D eigenvalue weighted by molar-refractivity contribution is 5.99. The maximum absolute atomic E-state index is 14.9. The van der Waals surface area contributed by atoms with E-state index in [4.69, 9.17) is 4.74 Å². The first-order valence-electron chi connectivity index (χ1n) is 13.3. The first kappa shape index (κ1) is 27.7. The summed E-state index contributed by atoms with van der Waals surface area (Å²) in [6.07, 6.45) is 6.21. The van der Waals surface area contributed by atoms with E-state index < -0.39 is 34.2 Å². The molecule has 40 heavy (non-hydrogen) atoms. The van der Waals surface area contributed by atoms with Crippen molar-refractivity contribution in [2.45, 2.75) is 64.0 Å². The number of ether oxygens (including phenoxy) is 1. The van der Waals surface area contributed by atoms with Crippen molar-refractivity contribution in [3.63, 3.8) is 0 Å². The zero-order valence-corrected chi connectivity index (χ0v) is 23.1. The number of aliphatic hydroxyl groups is 1. The molecule has 9 heteroatoms. The molecule has 2 aliphatic rings. The van der Waals surface area contributed by atoms with Crippen LogP contribution < -0.4 is 5.32 Å². The number of nitrogens with one attached hydrogen (secondary N) is 1. The summed E-state index contributed by atoms with van der Waals surface area (Å²) in [5.41, 5.74) is 1.04. The highest BCUT2D eigenvalue weighted by Crippen LogP contribution is 2.56. The van der Waals surface area contributed by atoms with Crippen LogP contribution in [0, 0.1) is 17.0 Å². The Labute approximate surface area is 231 Å². The van der Waals surface area contributed by atoms with Crippen molar-refractivity contribution in [2.75, 3.05) is 7.11 Å². The van der Waals surface area contributed by atoms with E-state index in [0.29, 0.717) is 31.2 Å². The van der Waals surface area contributed by atoms with Gasteiger partial charge in [-0.15, -0.1) is 0 Å². The van der Waals surface area contributed by atoms with Crippen LogP contribution in [-0.4, -0.2) is 45.0 Å². The molecule has 0 aliphatic heterocycles. The van der Waals surface area contributed by atoms with Crippen molar-refractivity contribution < 1.29 is 28.2 Å². The normalized spacial score (nSPS) is 21.8. The number of aryl methyl sites for hydroxylation is 1. The Kier molecular flexibility index (Phi) is 6.90. The summed E-state index contributed by atoms with van der Waals surface area (Å²) in [6.45, 7) is 5.02. The van der Waals surface area contributed by atoms with Gasteiger partial charge in [-0.05, 0) is 93.5 Å². The molecule has 210 valence electrons.